The molecule has 0 radical (unpaired) electrons. The van der Waals surface area contributed by atoms with E-state index in [0.717, 1.165) is 16.5 Å². The molecule has 24 heavy (non-hydrogen) atoms. The van der Waals surface area contributed by atoms with Crippen LogP contribution in [-0.2, 0) is 4.74 Å². The van der Waals surface area contributed by atoms with Gasteiger partial charge in [-0.05, 0) is 30.5 Å². The lowest BCUT2D eigenvalue weighted by Crippen LogP contribution is -2.07. The van der Waals surface area contributed by atoms with Gasteiger partial charge in [0.25, 0.3) is 0 Å². The van der Waals surface area contributed by atoms with Crippen molar-refractivity contribution in [3.63, 3.8) is 0 Å². The number of aromatic nitrogens is 3. The van der Waals surface area contributed by atoms with Gasteiger partial charge >= 0.3 is 5.97 Å². The van der Waals surface area contributed by atoms with Crippen LogP contribution in [0.15, 0.2) is 30.3 Å². The number of esters is 1. The lowest BCUT2D eigenvalue weighted by atomic mass is 10.0. The standard InChI is InChI=1S/C17H17N3O4/c1-4-24-17(21)16-15(18-20-19-16)12-8-10-6-5-7-13(22-2)11(10)9-14(12)23-3/h5-9H,4H2,1-3H3,(H,18,19,20). The highest BCUT2D eigenvalue weighted by Crippen LogP contribution is 2.37. The highest BCUT2D eigenvalue weighted by atomic mass is 16.5. The molecule has 3 rings (SSSR count). The van der Waals surface area contributed by atoms with E-state index in [1.54, 1.807) is 21.1 Å². The monoisotopic (exact) mass is 327 g/mol. The summed E-state index contributed by atoms with van der Waals surface area (Å²) in [5.41, 5.74) is 1.16. The highest BCUT2D eigenvalue weighted by molar-refractivity contribution is 5.99. The highest BCUT2D eigenvalue weighted by Gasteiger charge is 2.22. The van der Waals surface area contributed by atoms with Crippen LogP contribution in [0.4, 0.5) is 0 Å². The fraction of sp³-hybridized carbons (Fsp3) is 0.235. The zero-order valence-electron chi connectivity index (χ0n) is 13.6. The first-order valence-corrected chi connectivity index (χ1v) is 7.42. The molecule has 0 amide bonds. The van der Waals surface area contributed by atoms with Gasteiger partial charge in [0.15, 0.2) is 5.69 Å². The Kier molecular flexibility index (Phi) is 4.33. The van der Waals surface area contributed by atoms with Crippen molar-refractivity contribution >= 4 is 16.7 Å². The summed E-state index contributed by atoms with van der Waals surface area (Å²) in [5.74, 6) is 0.767. The number of nitrogens with one attached hydrogen (secondary N) is 1. The van der Waals surface area contributed by atoms with Crippen LogP contribution < -0.4 is 9.47 Å². The zero-order chi connectivity index (χ0) is 17.1. The Labute approximate surface area is 138 Å². The molecule has 0 spiro atoms. The van der Waals surface area contributed by atoms with Crippen LogP contribution in [0.1, 0.15) is 17.4 Å². The van der Waals surface area contributed by atoms with Crippen LogP contribution in [0.25, 0.3) is 22.0 Å². The van der Waals surface area contributed by atoms with E-state index in [1.165, 1.54) is 0 Å². The Morgan fingerprint density at radius 3 is 2.62 bits per heavy atom. The topological polar surface area (TPSA) is 86.3 Å². The van der Waals surface area contributed by atoms with Crippen molar-refractivity contribution in [2.75, 3.05) is 20.8 Å². The second-order valence-corrected chi connectivity index (χ2v) is 4.98. The first-order valence-electron chi connectivity index (χ1n) is 7.42. The normalized spacial score (nSPS) is 10.6. The summed E-state index contributed by atoms with van der Waals surface area (Å²) in [6.07, 6.45) is 0. The number of fused-ring (bicyclic) bond motifs is 1. The SMILES string of the molecule is CCOC(=O)c1n[nH]nc1-c1cc2cccc(OC)c2cc1OC. The number of rotatable bonds is 5. The largest absolute Gasteiger partial charge is 0.496 e. The minimum atomic E-state index is -0.533. The second kappa shape index (κ2) is 6.57. The third-order valence-electron chi connectivity index (χ3n) is 3.65. The molecule has 0 saturated carbocycles. The van der Waals surface area contributed by atoms with Crippen LogP contribution in [0.3, 0.4) is 0 Å². The summed E-state index contributed by atoms with van der Waals surface area (Å²) < 4.78 is 15.9. The van der Waals surface area contributed by atoms with Crippen LogP contribution in [-0.4, -0.2) is 42.2 Å². The third kappa shape index (κ3) is 2.64. The molecule has 124 valence electrons. The fourth-order valence-corrected chi connectivity index (χ4v) is 2.57. The Morgan fingerprint density at radius 2 is 1.92 bits per heavy atom. The Bertz CT molecular complexity index is 889. The smallest absolute Gasteiger partial charge is 0.361 e. The van der Waals surface area contributed by atoms with Gasteiger partial charge in [0, 0.05) is 10.9 Å². The first kappa shape index (κ1) is 15.8. The van der Waals surface area contributed by atoms with Crippen LogP contribution in [0.2, 0.25) is 0 Å². The molecule has 0 atom stereocenters. The summed E-state index contributed by atoms with van der Waals surface area (Å²) >= 11 is 0. The summed E-state index contributed by atoms with van der Waals surface area (Å²) in [5, 5.41) is 12.3. The number of methoxy groups -OCH3 is 2. The molecule has 7 nitrogen and oxygen atoms in total. The van der Waals surface area contributed by atoms with Gasteiger partial charge in [-0.2, -0.15) is 10.3 Å². The van der Waals surface area contributed by atoms with Crippen LogP contribution in [0.5, 0.6) is 11.5 Å². The van der Waals surface area contributed by atoms with Gasteiger partial charge in [-0.1, -0.05) is 12.1 Å². The number of H-pyrrole nitrogens is 1. The van der Waals surface area contributed by atoms with Gasteiger partial charge in [-0.25, -0.2) is 4.79 Å². The first-order chi connectivity index (χ1) is 11.7. The van der Waals surface area contributed by atoms with E-state index in [9.17, 15) is 4.79 Å². The molecule has 0 unspecified atom stereocenters. The van der Waals surface area contributed by atoms with Crippen molar-refractivity contribution in [2.24, 2.45) is 0 Å². The maximum absolute atomic E-state index is 12.1. The molecule has 1 N–H and O–H groups in total. The van der Waals surface area contributed by atoms with E-state index in [-0.39, 0.29) is 12.3 Å². The van der Waals surface area contributed by atoms with Crippen molar-refractivity contribution in [1.82, 2.24) is 15.4 Å². The average molecular weight is 327 g/mol. The van der Waals surface area contributed by atoms with E-state index in [2.05, 4.69) is 15.4 Å². The number of hydrogen-bond donors (Lipinski definition) is 1. The van der Waals surface area contributed by atoms with Crippen molar-refractivity contribution in [1.29, 1.82) is 0 Å². The lowest BCUT2D eigenvalue weighted by Gasteiger charge is -2.11. The Balaban J connectivity index is 2.20. The fourth-order valence-electron chi connectivity index (χ4n) is 2.57. The van der Waals surface area contributed by atoms with E-state index in [4.69, 9.17) is 14.2 Å². The van der Waals surface area contributed by atoms with Crippen molar-refractivity contribution < 1.29 is 19.0 Å². The number of hydrogen-bond acceptors (Lipinski definition) is 6. The number of carbonyl (C=O) groups excluding carboxylic acids is 1. The lowest BCUT2D eigenvalue weighted by molar-refractivity contribution is 0.0520. The number of ether oxygens (including phenoxy) is 3. The molecule has 0 aliphatic carbocycles. The quantitative estimate of drug-likeness (QED) is 0.725. The van der Waals surface area contributed by atoms with E-state index in [0.29, 0.717) is 17.0 Å². The zero-order valence-corrected chi connectivity index (χ0v) is 13.6. The molecular weight excluding hydrogens is 310 g/mol. The third-order valence-corrected chi connectivity index (χ3v) is 3.65. The summed E-state index contributed by atoms with van der Waals surface area (Å²) in [6, 6.07) is 9.46. The summed E-state index contributed by atoms with van der Waals surface area (Å²) in [4.78, 5) is 12.1. The number of aromatic amines is 1. The molecule has 7 heteroatoms. The molecule has 1 heterocycles. The average Bonchev–Trinajstić information content (AvgIpc) is 3.09. The Hall–Kier alpha value is -3.09. The summed E-state index contributed by atoms with van der Waals surface area (Å²) in [7, 11) is 3.18. The molecule has 0 aliphatic rings. The van der Waals surface area contributed by atoms with Gasteiger partial charge in [0.1, 0.15) is 17.2 Å². The molecule has 0 aliphatic heterocycles. The molecule has 2 aromatic carbocycles. The van der Waals surface area contributed by atoms with Gasteiger partial charge in [0.05, 0.1) is 20.8 Å². The minimum absolute atomic E-state index is 0.123. The van der Waals surface area contributed by atoms with Crippen LogP contribution >= 0.6 is 0 Å². The van der Waals surface area contributed by atoms with Gasteiger partial charge in [-0.15, -0.1) is 5.10 Å². The van der Waals surface area contributed by atoms with E-state index < -0.39 is 5.97 Å². The predicted molar refractivity (Wildman–Crippen MR) is 88.4 cm³/mol. The number of nitrogens with zero attached hydrogens (tertiary/aromatic N) is 2. The molecular formula is C17H17N3O4. The maximum Gasteiger partial charge on any atom is 0.361 e. The van der Waals surface area contributed by atoms with Crippen molar-refractivity contribution in [3.8, 4) is 22.8 Å². The van der Waals surface area contributed by atoms with E-state index >= 15 is 0 Å². The minimum Gasteiger partial charge on any atom is -0.496 e. The van der Waals surface area contributed by atoms with Crippen molar-refractivity contribution in [2.45, 2.75) is 6.92 Å². The van der Waals surface area contributed by atoms with Gasteiger partial charge in [0.2, 0.25) is 0 Å². The molecule has 0 bridgehead atoms. The maximum atomic E-state index is 12.1. The molecule has 3 aromatic rings. The van der Waals surface area contributed by atoms with Crippen molar-refractivity contribution in [3.05, 3.63) is 36.0 Å². The number of benzene rings is 2. The number of carbonyl (C=O) groups is 1. The van der Waals surface area contributed by atoms with Crippen LogP contribution in [0, 0.1) is 0 Å². The second-order valence-electron chi connectivity index (χ2n) is 4.98. The van der Waals surface area contributed by atoms with E-state index in [1.807, 2.05) is 30.3 Å². The molecule has 0 fully saturated rings. The van der Waals surface area contributed by atoms with Gasteiger partial charge < -0.3 is 14.2 Å². The van der Waals surface area contributed by atoms with Gasteiger partial charge in [-0.3, -0.25) is 0 Å². The Morgan fingerprint density at radius 1 is 1.12 bits per heavy atom. The molecule has 0 saturated heterocycles. The molecule has 1 aromatic heterocycles. The predicted octanol–water partition coefficient (Wildman–Crippen LogP) is 2.82. The summed E-state index contributed by atoms with van der Waals surface area (Å²) in [6.45, 7) is 2.00.